The van der Waals surface area contributed by atoms with Gasteiger partial charge < -0.3 is 70.4 Å². The van der Waals surface area contributed by atoms with Gasteiger partial charge in [-0.25, -0.2) is 19.2 Å². The summed E-state index contributed by atoms with van der Waals surface area (Å²) in [6.45, 7) is 6.71. The molecule has 10 rings (SSSR count). The molecule has 1 aliphatic carbocycles. The number of hydrogen-bond donors (Lipinski definition) is 6. The summed E-state index contributed by atoms with van der Waals surface area (Å²) in [5.41, 5.74) is 12.5. The highest BCUT2D eigenvalue weighted by molar-refractivity contribution is 6.19. The molecule has 1 aromatic heterocycles. The van der Waals surface area contributed by atoms with E-state index in [0.29, 0.717) is 59.0 Å². The second kappa shape index (κ2) is 27.1. The molecule has 8 amide bonds. The van der Waals surface area contributed by atoms with Crippen LogP contribution in [0.1, 0.15) is 71.3 Å². The maximum atomic E-state index is 14.3. The Morgan fingerprint density at radius 1 is 0.744 bits per heavy atom. The predicted molar refractivity (Wildman–Crippen MR) is 325 cm³/mol. The second-order valence-electron chi connectivity index (χ2n) is 21.8. The number of nitrogens with zero attached hydrogens (tertiary/aromatic N) is 3. The van der Waals surface area contributed by atoms with Crippen molar-refractivity contribution in [2.75, 3.05) is 82.2 Å². The first-order valence-electron chi connectivity index (χ1n) is 28.6. The van der Waals surface area contributed by atoms with E-state index in [1.807, 2.05) is 79.8 Å². The third-order valence-electron chi connectivity index (χ3n) is 15.6. The first-order valence-corrected chi connectivity index (χ1v) is 29.2. The van der Waals surface area contributed by atoms with Gasteiger partial charge in [-0.15, -0.1) is 11.6 Å². The van der Waals surface area contributed by atoms with Crippen LogP contribution in [0.5, 0.6) is 11.5 Å². The van der Waals surface area contributed by atoms with Gasteiger partial charge in [-0.05, 0) is 101 Å². The largest absolute Gasteiger partial charge is 0.492 e. The van der Waals surface area contributed by atoms with Crippen molar-refractivity contribution in [2.24, 2.45) is 11.7 Å². The summed E-state index contributed by atoms with van der Waals surface area (Å²) in [7, 11) is 2.01. The molecule has 2 aliphatic heterocycles. The van der Waals surface area contributed by atoms with Crippen LogP contribution in [0.3, 0.4) is 0 Å². The van der Waals surface area contributed by atoms with Crippen LogP contribution in [0.4, 0.5) is 30.6 Å². The van der Waals surface area contributed by atoms with Crippen LogP contribution in [-0.2, 0) is 25.7 Å². The summed E-state index contributed by atoms with van der Waals surface area (Å²) < 4.78 is 29.2. The average molecular weight is 1190 g/mol. The number of fused-ring (bicyclic) bond motifs is 7. The Balaban J connectivity index is 0.687. The van der Waals surface area contributed by atoms with E-state index in [-0.39, 0.29) is 81.1 Å². The lowest BCUT2D eigenvalue weighted by molar-refractivity contribution is -0.128. The van der Waals surface area contributed by atoms with E-state index in [1.165, 1.54) is 0 Å². The minimum Gasteiger partial charge on any atom is -0.492 e. The molecule has 0 saturated carbocycles. The van der Waals surface area contributed by atoms with E-state index >= 15 is 0 Å². The maximum absolute atomic E-state index is 14.3. The van der Waals surface area contributed by atoms with Gasteiger partial charge in [0, 0.05) is 79.5 Å². The van der Waals surface area contributed by atoms with E-state index in [1.54, 1.807) is 78.2 Å². The third kappa shape index (κ3) is 13.9. The molecule has 448 valence electrons. The molecule has 3 heterocycles. The molecular weight excluding hydrogens is 1120 g/mol. The third-order valence-corrected chi connectivity index (χ3v) is 16.0. The normalized spacial score (nSPS) is 15.2. The van der Waals surface area contributed by atoms with Crippen LogP contribution in [0.15, 0.2) is 132 Å². The Morgan fingerprint density at radius 2 is 1.44 bits per heavy atom. The predicted octanol–water partition coefficient (Wildman–Crippen LogP) is 9.06. The van der Waals surface area contributed by atoms with Crippen LogP contribution in [-0.4, -0.2) is 136 Å². The van der Waals surface area contributed by atoms with Crippen molar-refractivity contribution in [3.05, 3.63) is 155 Å². The molecule has 7 aromatic rings. The number of likely N-dealkylation sites (N-methyl/N-ethyl adjacent to an activating group) is 1. The number of furan rings is 1. The Hall–Kier alpha value is -9.34. The molecule has 21 nitrogen and oxygen atoms in total. The van der Waals surface area contributed by atoms with E-state index in [9.17, 15) is 33.6 Å². The van der Waals surface area contributed by atoms with E-state index in [0.717, 1.165) is 51.7 Å². The summed E-state index contributed by atoms with van der Waals surface area (Å²) in [5, 5.41) is 15.7. The lowest BCUT2D eigenvalue weighted by Gasteiger charge is -2.31. The first kappa shape index (κ1) is 59.8. The van der Waals surface area contributed by atoms with Crippen LogP contribution >= 0.6 is 11.6 Å². The van der Waals surface area contributed by atoms with Gasteiger partial charge in [-0.1, -0.05) is 98.8 Å². The molecule has 0 radical (unpaired) electrons. The highest BCUT2D eigenvalue weighted by atomic mass is 35.5. The minimum atomic E-state index is -1.08. The van der Waals surface area contributed by atoms with Gasteiger partial charge in [0.1, 0.15) is 49.0 Å². The summed E-state index contributed by atoms with van der Waals surface area (Å²) in [5.74, 6) is -1.10. The summed E-state index contributed by atoms with van der Waals surface area (Å²) in [6, 6.07) is 35.8. The second-order valence-corrected chi connectivity index (χ2v) is 22.1. The Morgan fingerprint density at radius 3 is 2.14 bits per heavy atom. The van der Waals surface area contributed by atoms with Gasteiger partial charge in [0.2, 0.25) is 11.8 Å². The summed E-state index contributed by atoms with van der Waals surface area (Å²) >= 11 is 6.54. The lowest BCUT2D eigenvalue weighted by Crippen LogP contribution is -2.54. The van der Waals surface area contributed by atoms with Crippen LogP contribution in [0.25, 0.3) is 32.9 Å². The van der Waals surface area contributed by atoms with Gasteiger partial charge in [0.15, 0.2) is 5.76 Å². The zero-order valence-corrected chi connectivity index (χ0v) is 48.7. The van der Waals surface area contributed by atoms with E-state index < -0.39 is 48.2 Å². The van der Waals surface area contributed by atoms with E-state index in [2.05, 4.69) is 31.5 Å². The standard InChI is InChI=1S/C64H68ClN9O12/c1-38(2)57(71-63(80)84-37-50-46-13-6-4-11-44(46)45-12-5-7-14-47(45)50)59(76)70-51(17-10-24-67-61(66)78)58(75)69-42-20-18-39(19-21-42)36-83-62(79)68-25-30-82-43-22-23-53-40(31-43)32-55(85-53)60(77)74-35-41(34-65)56-49-16-9-8-15-48(49)54(33-52(56)74)86-64(81)73-28-26-72(3)27-29-73/h4-9,11-16,18-23,31-33,38,41,50-51,57H,10,17,24-30,34-37H2,1-3H3,(H,68,79)(H,69,75)(H,70,76)(H,71,80)(H3,66,67,78)/t41-,51+,57+/m1/s1. The van der Waals surface area contributed by atoms with Crippen molar-refractivity contribution in [1.82, 2.24) is 31.1 Å². The van der Waals surface area contributed by atoms with Gasteiger partial charge in [-0.2, -0.15) is 0 Å². The molecular formula is C64H68ClN9O12. The number of halogens is 1. The summed E-state index contributed by atoms with van der Waals surface area (Å²) in [4.78, 5) is 98.1. The molecule has 22 heteroatoms. The Kier molecular flexibility index (Phi) is 18.9. The molecule has 1 saturated heterocycles. The van der Waals surface area contributed by atoms with Crippen LogP contribution in [0, 0.1) is 5.92 Å². The van der Waals surface area contributed by atoms with E-state index in [4.69, 9.17) is 40.7 Å². The molecule has 86 heavy (non-hydrogen) atoms. The molecule has 7 N–H and O–H groups in total. The fourth-order valence-electron chi connectivity index (χ4n) is 11.1. The highest BCUT2D eigenvalue weighted by Gasteiger charge is 2.38. The number of carbonyl (C=O) groups excluding carboxylic acids is 7. The number of piperazine rings is 1. The zero-order valence-electron chi connectivity index (χ0n) is 47.9. The molecule has 3 atom stereocenters. The molecule has 6 aromatic carbocycles. The first-order chi connectivity index (χ1) is 41.6. The summed E-state index contributed by atoms with van der Waals surface area (Å²) in [6.07, 6.45) is -1.51. The van der Waals surface area contributed by atoms with Crippen LogP contribution < -0.4 is 46.7 Å². The SMILES string of the molecule is CC(C)[C@H](NC(=O)OCC1c2ccccc2-c2ccccc21)C(=O)N[C@@H](CCCNC(N)=O)C(=O)Nc1ccc(COC(=O)NCCOc2ccc3oc(C(=O)N4C[C@@H](CCl)c5c4cc(OC(=O)N4CCN(C)CC4)c4ccccc54)cc3c2)cc1. The van der Waals surface area contributed by atoms with Crippen molar-refractivity contribution >= 4 is 86.7 Å². The number of hydrogen-bond acceptors (Lipinski definition) is 13. The quantitative estimate of drug-likeness (QED) is 0.0290. The fourth-order valence-corrected chi connectivity index (χ4v) is 11.4. The minimum absolute atomic E-state index is 0.0519. The number of alkyl halides is 1. The molecule has 0 bridgehead atoms. The van der Waals surface area contributed by atoms with Crippen molar-refractivity contribution in [3.63, 3.8) is 0 Å². The number of urea groups is 1. The number of benzene rings is 6. The number of primary amides is 1. The number of rotatable bonds is 21. The zero-order chi connectivity index (χ0) is 60.4. The number of alkyl carbamates (subject to hydrolysis) is 2. The number of amides is 8. The maximum Gasteiger partial charge on any atom is 0.415 e. The highest BCUT2D eigenvalue weighted by Crippen LogP contribution is 2.47. The van der Waals surface area contributed by atoms with Crippen molar-refractivity contribution < 1.29 is 56.9 Å². The van der Waals surface area contributed by atoms with Crippen LogP contribution in [0.2, 0.25) is 0 Å². The van der Waals surface area contributed by atoms with Gasteiger partial charge in [0.05, 0.1) is 12.2 Å². The number of ether oxygens (including phenoxy) is 4. The number of anilines is 2. The smallest absolute Gasteiger partial charge is 0.415 e. The number of carbonyl (C=O) groups is 7. The van der Waals surface area contributed by atoms with Gasteiger partial charge >= 0.3 is 24.3 Å². The lowest BCUT2D eigenvalue weighted by atomic mass is 9.95. The molecule has 3 aliphatic rings. The van der Waals surface area contributed by atoms with Gasteiger partial charge in [0.25, 0.3) is 5.91 Å². The molecule has 1 fully saturated rings. The number of nitrogens with two attached hydrogens (primary N) is 1. The monoisotopic (exact) mass is 1190 g/mol. The topological polar surface area (TPSA) is 265 Å². The van der Waals surface area contributed by atoms with Crippen molar-refractivity contribution in [2.45, 2.75) is 57.2 Å². The number of nitrogens with one attached hydrogen (secondary N) is 5. The fraction of sp³-hybridized carbons (Fsp3) is 0.328. The van der Waals surface area contributed by atoms with Crippen molar-refractivity contribution in [3.8, 4) is 22.6 Å². The molecule has 0 spiro atoms. The Labute approximate surface area is 501 Å². The van der Waals surface area contributed by atoms with Gasteiger partial charge in [-0.3, -0.25) is 14.4 Å². The molecule has 0 unspecified atom stereocenters. The average Bonchev–Trinajstić information content (AvgIpc) is 1.83. The van der Waals surface area contributed by atoms with Crippen molar-refractivity contribution in [1.29, 1.82) is 0 Å². The Bertz CT molecular complexity index is 3620.